The van der Waals surface area contributed by atoms with Crippen molar-refractivity contribution in [2.45, 2.75) is 57.8 Å². The maximum atomic E-state index is 13.2. The van der Waals surface area contributed by atoms with Crippen LogP contribution < -0.4 is 50.7 Å². The number of halogens is 3. The number of aromatic nitrogens is 7. The number of nitrogens with zero attached hydrogens (tertiary/aromatic N) is 7. The number of nitrogens with two attached hydrogens (primary N) is 1. The Bertz CT molecular complexity index is 4870. The monoisotopic (exact) mass is 1430 g/mol. The lowest BCUT2D eigenvalue weighted by Crippen LogP contribution is -2.34. The Morgan fingerprint density at radius 1 is 0.564 bits per heavy atom. The van der Waals surface area contributed by atoms with E-state index in [0.717, 1.165) is 22.3 Å². The van der Waals surface area contributed by atoms with Gasteiger partial charge in [0.25, 0.3) is 33.5 Å². The van der Waals surface area contributed by atoms with Crippen molar-refractivity contribution in [1.82, 2.24) is 40.2 Å². The van der Waals surface area contributed by atoms with Crippen molar-refractivity contribution in [2.75, 3.05) is 63.6 Å². The number of aromatic hydroxyl groups is 2. The van der Waals surface area contributed by atoms with Gasteiger partial charge in [0.15, 0.2) is 22.3 Å². The Hall–Kier alpha value is -11.8. The van der Waals surface area contributed by atoms with Crippen LogP contribution in [0.25, 0.3) is 44.4 Å². The van der Waals surface area contributed by atoms with E-state index in [0.29, 0.717) is 129 Å². The molecular formula is C69H71ClF2N12O16S. The highest BCUT2D eigenvalue weighted by atomic mass is 35.5. The number of benzene rings is 5. The van der Waals surface area contributed by atoms with Crippen LogP contribution in [0.2, 0.25) is 5.35 Å². The first kappa shape index (κ1) is 75.0. The predicted octanol–water partition coefficient (Wildman–Crippen LogP) is 13.6. The van der Waals surface area contributed by atoms with E-state index in [1.165, 1.54) is 30.3 Å². The Morgan fingerprint density at radius 2 is 0.960 bits per heavy atom. The molecule has 101 heavy (non-hydrogen) atoms. The second-order valence-electron chi connectivity index (χ2n) is 22.2. The Kier molecular flexibility index (Phi) is 26.8. The molecule has 7 heterocycles. The maximum Gasteiger partial charge on any atom is 0.407 e. The van der Waals surface area contributed by atoms with Crippen molar-refractivity contribution in [1.29, 1.82) is 0 Å². The van der Waals surface area contributed by atoms with Crippen LogP contribution in [-0.4, -0.2) is 117 Å². The molecule has 12 aromatic rings. The summed E-state index contributed by atoms with van der Waals surface area (Å²) in [6.07, 6.45) is 5.25. The second-order valence-corrected chi connectivity index (χ2v) is 24.0. The van der Waals surface area contributed by atoms with Crippen LogP contribution in [-0.2, 0) is 34.5 Å². The minimum atomic E-state index is -4.02. The third kappa shape index (κ3) is 24.0. The summed E-state index contributed by atoms with van der Waals surface area (Å²) < 4.78 is 109. The highest BCUT2D eigenvalue weighted by Gasteiger charge is 2.17. The van der Waals surface area contributed by atoms with Crippen LogP contribution in [0.1, 0.15) is 43.0 Å². The normalized spacial score (nSPS) is 11.4. The molecule has 0 bridgehead atoms. The number of ether oxygens (including phenoxy) is 6. The van der Waals surface area contributed by atoms with Crippen LogP contribution in [0, 0.1) is 6.92 Å². The van der Waals surface area contributed by atoms with Crippen molar-refractivity contribution in [3.63, 3.8) is 0 Å². The van der Waals surface area contributed by atoms with Crippen LogP contribution in [0.5, 0.6) is 40.6 Å². The summed E-state index contributed by atoms with van der Waals surface area (Å²) in [5.74, 6) is 2.95. The first-order valence-electron chi connectivity index (χ1n) is 30.3. The number of phenolic OH excluding ortho intramolecular Hbond substituents is 2. The quantitative estimate of drug-likeness (QED) is 0.0292. The third-order valence-electron chi connectivity index (χ3n) is 13.4. The van der Waals surface area contributed by atoms with Gasteiger partial charge < -0.3 is 83.3 Å². The summed E-state index contributed by atoms with van der Waals surface area (Å²) >= 11 is 5.48. The first-order valence-corrected chi connectivity index (χ1v) is 32.2. The standard InChI is InChI=1S/C23H27FN4O5.C18H19FN4O3.C14H13N3O3.C7H4ClNO2.C7H8O3S/c1-23(2,3)33-22(29)27-13-16(11-24)14-31-17-5-6-18-19(10-17)32-21(28-18)26-12-15-7-8-25-20(9-15)30-4;1-24-17-6-12(4-5-21-17)10-22-18-23-15-3-2-14(7-16(15)26-18)25-11-13(8-19)9-20;1-19-13-6-9(4-5-15-13)8-16-14-17-11-3-2-10(18)7-12(11)20-14;8-7-9-5-2-1-4(10)3-6(5)11-7;1-6-2-4-7(5-3-6)11(8,9)10/h5-11H,12-14H2,1-4H3,(H,26,28)(H,27,29);2-8H,9-11,20H2,1H3,(H,22,23);2-7,18H,8H2,1H3,(H,16,17);1-3,10H;2-5H,1H3,(H,8,9,10)/b16-11-;13-8-;;;. The third-order valence-corrected chi connectivity index (χ3v) is 14.4. The van der Waals surface area contributed by atoms with E-state index in [1.807, 2.05) is 43.3 Å². The molecule has 0 atom stereocenters. The summed E-state index contributed by atoms with van der Waals surface area (Å²) in [5.41, 5.74) is 14.1. The lowest BCUT2D eigenvalue weighted by Gasteiger charge is -2.20. The number of aryl methyl sites for hydroxylation is 1. The van der Waals surface area contributed by atoms with Crippen molar-refractivity contribution in [2.24, 2.45) is 5.73 Å². The van der Waals surface area contributed by atoms with Gasteiger partial charge in [-0.2, -0.15) is 28.4 Å². The van der Waals surface area contributed by atoms with Crippen molar-refractivity contribution < 1.29 is 82.8 Å². The number of rotatable bonds is 22. The minimum absolute atomic E-state index is 0.0379. The number of pyridine rings is 3. The number of nitrogens with one attached hydrogen (secondary N) is 4. The van der Waals surface area contributed by atoms with E-state index < -0.39 is 21.8 Å². The number of methoxy groups -OCH3 is 3. The van der Waals surface area contributed by atoms with Crippen LogP contribution >= 0.6 is 11.6 Å². The highest BCUT2D eigenvalue weighted by molar-refractivity contribution is 7.85. The maximum absolute atomic E-state index is 13.2. The SMILES string of the molecule is COc1cc(CNc2nc3ccc(O)cc3o2)ccn1.COc1cc(CNc2nc3ccc(OC/C(=C\F)CN)cc3o2)ccn1.COc1cc(CNc2nc3ccc(OC/C(=C\F)CNC(=O)OC(C)(C)C)cc3o2)ccn1.Cc1ccc(S(=O)(=O)O)cc1.Oc1ccc2nc(Cl)oc2c1. The van der Waals surface area contributed by atoms with E-state index in [4.69, 9.17) is 73.1 Å². The summed E-state index contributed by atoms with van der Waals surface area (Å²) in [7, 11) is 0.685. The van der Waals surface area contributed by atoms with Gasteiger partial charge in [0.2, 0.25) is 17.6 Å². The first-order chi connectivity index (χ1) is 48.5. The average Bonchev–Trinajstić information content (AvgIpc) is 1.70. The molecule has 0 spiro atoms. The molecule has 0 aliphatic heterocycles. The van der Waals surface area contributed by atoms with Gasteiger partial charge in [0.05, 0.1) is 38.9 Å². The molecule has 0 saturated heterocycles. The van der Waals surface area contributed by atoms with Crippen molar-refractivity contribution >= 4 is 90.3 Å². The fourth-order valence-electron chi connectivity index (χ4n) is 8.38. The van der Waals surface area contributed by atoms with E-state index in [2.05, 4.69) is 56.2 Å². The fourth-order valence-corrected chi connectivity index (χ4v) is 9.04. The molecule has 0 unspecified atom stereocenters. The smallest absolute Gasteiger partial charge is 0.407 e. The summed E-state index contributed by atoms with van der Waals surface area (Å²) in [6.45, 7) is 8.71. The number of fused-ring (bicyclic) bond motifs is 4. The van der Waals surface area contributed by atoms with Gasteiger partial charge in [-0.15, -0.1) is 0 Å². The zero-order valence-corrected chi connectivity index (χ0v) is 57.0. The number of phenols is 2. The second kappa shape index (κ2) is 36.2. The topological polar surface area (TPSA) is 384 Å². The number of hydrogen-bond donors (Lipinski definition) is 8. The highest BCUT2D eigenvalue weighted by Crippen LogP contribution is 2.29. The molecule has 0 fully saturated rings. The van der Waals surface area contributed by atoms with Gasteiger partial charge in [-0.05, 0) is 135 Å². The Morgan fingerprint density at radius 3 is 1.36 bits per heavy atom. The number of oxazole rings is 4. The molecule has 0 saturated carbocycles. The lowest BCUT2D eigenvalue weighted by atomic mass is 10.2. The fraction of sp³-hybridized carbons (Fsp3) is 0.217. The molecule has 1 amide bonds. The summed E-state index contributed by atoms with van der Waals surface area (Å²) in [6, 6.07) is 38.0. The summed E-state index contributed by atoms with van der Waals surface area (Å²) in [5, 5.41) is 30.3. The molecule has 0 aliphatic rings. The lowest BCUT2D eigenvalue weighted by molar-refractivity contribution is 0.0531. The molecule has 0 aliphatic carbocycles. The average molecular weight is 1430 g/mol. The van der Waals surface area contributed by atoms with E-state index in [1.54, 1.807) is 127 Å². The largest absolute Gasteiger partial charge is 0.508 e. The number of anilines is 3. The molecule has 5 aromatic carbocycles. The van der Waals surface area contributed by atoms with Gasteiger partial charge in [0, 0.05) is 105 Å². The molecule has 530 valence electrons. The van der Waals surface area contributed by atoms with Crippen molar-refractivity contribution in [3.8, 4) is 40.6 Å². The van der Waals surface area contributed by atoms with E-state index in [-0.39, 0.29) is 53.6 Å². The number of alkyl carbamates (subject to hydrolysis) is 1. The number of carbonyl (C=O) groups is 1. The number of amides is 1. The van der Waals surface area contributed by atoms with Crippen LogP contribution in [0.4, 0.5) is 31.6 Å². The Labute approximate surface area is 581 Å². The van der Waals surface area contributed by atoms with Gasteiger partial charge in [-0.25, -0.2) is 28.5 Å². The van der Waals surface area contributed by atoms with Gasteiger partial charge in [-0.1, -0.05) is 17.7 Å². The van der Waals surface area contributed by atoms with Crippen LogP contribution in [0.15, 0.2) is 198 Å². The molecule has 28 nitrogen and oxygen atoms in total. The predicted molar refractivity (Wildman–Crippen MR) is 372 cm³/mol. The molecule has 7 aromatic heterocycles. The van der Waals surface area contributed by atoms with Gasteiger partial charge in [-0.3, -0.25) is 4.55 Å². The number of carbonyl (C=O) groups excluding carboxylic acids is 1. The Balaban J connectivity index is 0.000000170. The number of hydrogen-bond acceptors (Lipinski definition) is 26. The van der Waals surface area contributed by atoms with E-state index >= 15 is 0 Å². The van der Waals surface area contributed by atoms with Gasteiger partial charge >= 0.3 is 6.09 Å². The molecule has 32 heteroatoms. The molecular weight excluding hydrogens is 1360 g/mol. The van der Waals surface area contributed by atoms with Crippen LogP contribution in [0.3, 0.4) is 0 Å². The molecule has 12 rings (SSSR count). The van der Waals surface area contributed by atoms with E-state index in [9.17, 15) is 27.1 Å². The van der Waals surface area contributed by atoms with Crippen molar-refractivity contribution in [3.05, 3.63) is 203 Å². The minimum Gasteiger partial charge on any atom is -0.508 e. The molecule has 0 radical (unpaired) electrons. The zero-order valence-electron chi connectivity index (χ0n) is 55.4. The summed E-state index contributed by atoms with van der Waals surface area (Å²) in [4.78, 5) is 40.7. The zero-order chi connectivity index (χ0) is 72.5. The van der Waals surface area contributed by atoms with Gasteiger partial charge in [0.1, 0.15) is 63.9 Å². The molecule has 9 N–H and O–H groups in total.